The van der Waals surface area contributed by atoms with E-state index in [0.717, 1.165) is 14.3 Å². The molecule has 0 fully saturated rings. The highest BCUT2D eigenvalue weighted by Gasteiger charge is 2.27. The molecule has 1 heterocycles. The molecule has 0 atom stereocenters. The molecule has 0 saturated carbocycles. The number of hydrogen-bond donors (Lipinski definition) is 2. The number of sulfonamides is 2. The largest absolute Gasteiger partial charge is 0.325 e. The van der Waals surface area contributed by atoms with Gasteiger partial charge in [0.1, 0.15) is 6.54 Å². The topological polar surface area (TPSA) is 138 Å². The second-order valence-electron chi connectivity index (χ2n) is 8.95. The average molecular weight is 645 g/mol. The number of carbonyl (C=O) groups excluding carboxylic acids is 1. The van der Waals surface area contributed by atoms with Crippen LogP contribution in [0.5, 0.6) is 0 Å². The van der Waals surface area contributed by atoms with E-state index in [1.165, 1.54) is 36.4 Å². The zero-order valence-electron chi connectivity index (χ0n) is 21.8. The first-order valence-electron chi connectivity index (χ1n) is 11.9. The number of nitrogens with one attached hydrogen (secondary N) is 2. The van der Waals surface area contributed by atoms with Gasteiger partial charge in [0, 0.05) is 21.5 Å². The van der Waals surface area contributed by atoms with Crippen LogP contribution in [0.25, 0.3) is 0 Å². The SMILES string of the molecule is Cc1ccc(S(=O)(=O)N(CC(=O)Nc2ccc(S(=O)(=O)Nc3nc(C)cc(C)n3)cc2)c2ccc(Br)cc2)cc1. The maximum Gasteiger partial charge on any atom is 0.264 e. The summed E-state index contributed by atoms with van der Waals surface area (Å²) < 4.78 is 56.7. The van der Waals surface area contributed by atoms with Crippen molar-refractivity contribution < 1.29 is 21.6 Å². The quantitative estimate of drug-likeness (QED) is 0.267. The minimum Gasteiger partial charge on any atom is -0.325 e. The predicted octanol–water partition coefficient (Wildman–Crippen LogP) is 4.80. The molecule has 0 bridgehead atoms. The molecule has 10 nitrogen and oxygen atoms in total. The van der Waals surface area contributed by atoms with Gasteiger partial charge >= 0.3 is 0 Å². The molecule has 0 radical (unpaired) electrons. The Morgan fingerprint density at radius 1 is 0.800 bits per heavy atom. The second-order valence-corrected chi connectivity index (χ2v) is 13.4. The van der Waals surface area contributed by atoms with E-state index in [1.54, 1.807) is 56.3 Å². The summed E-state index contributed by atoms with van der Waals surface area (Å²) in [5.41, 5.74) is 2.72. The Balaban J connectivity index is 1.53. The summed E-state index contributed by atoms with van der Waals surface area (Å²) in [6, 6.07) is 20.1. The number of anilines is 3. The van der Waals surface area contributed by atoms with Gasteiger partial charge in [0.2, 0.25) is 11.9 Å². The van der Waals surface area contributed by atoms with Gasteiger partial charge in [-0.15, -0.1) is 0 Å². The minimum atomic E-state index is -4.08. The van der Waals surface area contributed by atoms with Gasteiger partial charge in [-0.2, -0.15) is 0 Å². The molecule has 0 saturated heterocycles. The smallest absolute Gasteiger partial charge is 0.264 e. The highest BCUT2D eigenvalue weighted by atomic mass is 79.9. The Labute approximate surface area is 241 Å². The van der Waals surface area contributed by atoms with Gasteiger partial charge in [-0.3, -0.25) is 9.10 Å². The van der Waals surface area contributed by atoms with Crippen molar-refractivity contribution in [3.05, 3.63) is 100 Å². The van der Waals surface area contributed by atoms with Crippen molar-refractivity contribution in [3.8, 4) is 0 Å². The number of hydrogen-bond acceptors (Lipinski definition) is 7. The van der Waals surface area contributed by atoms with Crippen molar-refractivity contribution in [3.63, 3.8) is 0 Å². The summed E-state index contributed by atoms with van der Waals surface area (Å²) in [4.78, 5) is 21.2. The Kier molecular flexibility index (Phi) is 8.57. The van der Waals surface area contributed by atoms with E-state index in [0.29, 0.717) is 17.1 Å². The fourth-order valence-electron chi connectivity index (χ4n) is 3.76. The molecule has 0 unspecified atom stereocenters. The van der Waals surface area contributed by atoms with E-state index in [-0.39, 0.29) is 21.4 Å². The molecule has 2 N–H and O–H groups in total. The first-order chi connectivity index (χ1) is 18.8. The number of benzene rings is 3. The molecule has 40 heavy (non-hydrogen) atoms. The highest BCUT2D eigenvalue weighted by molar-refractivity contribution is 9.10. The molecule has 0 aliphatic heterocycles. The number of rotatable bonds is 9. The summed E-state index contributed by atoms with van der Waals surface area (Å²) in [6.07, 6.45) is 0. The minimum absolute atomic E-state index is 0.0438. The summed E-state index contributed by atoms with van der Waals surface area (Å²) in [5.74, 6) is -0.659. The van der Waals surface area contributed by atoms with Crippen LogP contribution in [0.2, 0.25) is 0 Å². The maximum atomic E-state index is 13.5. The first-order valence-corrected chi connectivity index (χ1v) is 15.7. The first kappa shape index (κ1) is 29.2. The van der Waals surface area contributed by atoms with Gasteiger partial charge in [-0.05, 0) is 87.5 Å². The van der Waals surface area contributed by atoms with Crippen molar-refractivity contribution in [1.82, 2.24) is 9.97 Å². The Bertz CT molecular complexity index is 1720. The van der Waals surface area contributed by atoms with E-state index >= 15 is 0 Å². The molecule has 0 aliphatic rings. The molecule has 3 aromatic carbocycles. The van der Waals surface area contributed by atoms with Crippen LogP contribution in [0, 0.1) is 20.8 Å². The van der Waals surface area contributed by atoms with Gasteiger partial charge in [0.15, 0.2) is 0 Å². The lowest BCUT2D eigenvalue weighted by atomic mass is 10.2. The standard InChI is InChI=1S/C27H26BrN5O5S2/c1-18-4-12-25(13-5-18)40(37,38)33(23-10-6-21(28)7-11-23)17-26(34)31-22-8-14-24(15-9-22)39(35,36)32-27-29-19(2)16-20(3)30-27/h4-16H,17H2,1-3H3,(H,31,34)(H,29,30,32). The van der Waals surface area contributed by atoms with Crippen LogP contribution in [-0.4, -0.2) is 39.3 Å². The van der Waals surface area contributed by atoms with Crippen LogP contribution in [-0.2, 0) is 24.8 Å². The van der Waals surface area contributed by atoms with E-state index in [2.05, 4.69) is 35.9 Å². The molecule has 1 aromatic heterocycles. The maximum absolute atomic E-state index is 13.5. The third-order valence-corrected chi connectivity index (χ3v) is 9.33. The highest BCUT2D eigenvalue weighted by Crippen LogP contribution is 2.26. The lowest BCUT2D eigenvalue weighted by Crippen LogP contribution is -2.38. The number of amides is 1. The number of aryl methyl sites for hydroxylation is 3. The molecule has 0 spiro atoms. The summed E-state index contributed by atoms with van der Waals surface area (Å²) in [5, 5.41) is 2.64. The van der Waals surface area contributed by atoms with Crippen LogP contribution in [0.1, 0.15) is 17.0 Å². The molecule has 1 amide bonds. The summed E-state index contributed by atoms with van der Waals surface area (Å²) >= 11 is 3.34. The third-order valence-electron chi connectivity index (χ3n) is 5.67. The molecule has 208 valence electrons. The fraction of sp³-hybridized carbons (Fsp3) is 0.148. The summed E-state index contributed by atoms with van der Waals surface area (Å²) in [7, 11) is -8.06. The van der Waals surface area contributed by atoms with Crippen LogP contribution in [0.15, 0.2) is 93.1 Å². The number of halogens is 1. The zero-order chi connectivity index (χ0) is 29.1. The number of aromatic nitrogens is 2. The van der Waals surface area contributed by atoms with Crippen molar-refractivity contribution in [2.24, 2.45) is 0 Å². The van der Waals surface area contributed by atoms with Gasteiger partial charge in [-0.1, -0.05) is 33.6 Å². The zero-order valence-corrected chi connectivity index (χ0v) is 25.0. The van der Waals surface area contributed by atoms with Crippen LogP contribution in [0.3, 0.4) is 0 Å². The third kappa shape index (κ3) is 7.03. The average Bonchev–Trinajstić information content (AvgIpc) is 2.87. The predicted molar refractivity (Wildman–Crippen MR) is 157 cm³/mol. The molecular weight excluding hydrogens is 618 g/mol. The van der Waals surface area contributed by atoms with Gasteiger partial charge in [0.05, 0.1) is 15.5 Å². The van der Waals surface area contributed by atoms with Crippen LogP contribution >= 0.6 is 15.9 Å². The lowest BCUT2D eigenvalue weighted by molar-refractivity contribution is -0.114. The number of carbonyl (C=O) groups is 1. The molecular formula is C27H26BrN5O5S2. The van der Waals surface area contributed by atoms with Gasteiger partial charge < -0.3 is 5.32 Å². The van der Waals surface area contributed by atoms with Crippen molar-refractivity contribution in [2.75, 3.05) is 20.9 Å². The van der Waals surface area contributed by atoms with E-state index in [4.69, 9.17) is 0 Å². The Morgan fingerprint density at radius 3 is 1.93 bits per heavy atom. The van der Waals surface area contributed by atoms with Crippen molar-refractivity contribution >= 4 is 59.2 Å². The Hall–Kier alpha value is -3.81. The second kappa shape index (κ2) is 11.7. The fourth-order valence-corrected chi connectivity index (χ4v) is 6.39. The Morgan fingerprint density at radius 2 is 1.35 bits per heavy atom. The van der Waals surface area contributed by atoms with Crippen molar-refractivity contribution in [2.45, 2.75) is 30.6 Å². The molecule has 4 rings (SSSR count). The van der Waals surface area contributed by atoms with Crippen LogP contribution in [0.4, 0.5) is 17.3 Å². The number of nitrogens with zero attached hydrogens (tertiary/aromatic N) is 3. The van der Waals surface area contributed by atoms with Gasteiger partial charge in [0.25, 0.3) is 20.0 Å². The van der Waals surface area contributed by atoms with E-state index in [9.17, 15) is 21.6 Å². The molecule has 4 aromatic rings. The van der Waals surface area contributed by atoms with E-state index < -0.39 is 32.5 Å². The van der Waals surface area contributed by atoms with Crippen molar-refractivity contribution in [1.29, 1.82) is 0 Å². The summed E-state index contributed by atoms with van der Waals surface area (Å²) in [6.45, 7) is 4.80. The van der Waals surface area contributed by atoms with E-state index in [1.807, 2.05) is 6.92 Å². The normalized spacial score (nSPS) is 11.6. The molecule has 0 aliphatic carbocycles. The monoisotopic (exact) mass is 643 g/mol. The van der Waals surface area contributed by atoms with Crippen LogP contribution < -0.4 is 14.3 Å². The lowest BCUT2D eigenvalue weighted by Gasteiger charge is -2.24. The van der Waals surface area contributed by atoms with Gasteiger partial charge in [-0.25, -0.2) is 31.5 Å². The molecule has 13 heteroatoms.